The number of nitrogens with one attached hydrogen (secondary N) is 1. The number of fused-ring (bicyclic) bond motifs is 1. The number of aryl methyl sites for hydroxylation is 2. The average molecular weight is 460 g/mol. The zero-order valence-corrected chi connectivity index (χ0v) is 18.0. The lowest BCUT2D eigenvalue weighted by atomic mass is 10.1. The molecule has 4 aromatic rings. The van der Waals surface area contributed by atoms with Gasteiger partial charge in [0.05, 0.1) is 17.4 Å². The standard InChI is InChI=1S/C22H20F4N6O/c1-4-31-11-16(13(3)29-31)12(2)27-21(33)18-10-20-28-17(14-5-7-15(23)8-6-14)9-19(22(24,25)26)32(20)30-18/h5-12H,4H2,1-3H3,(H,27,33). The maximum absolute atomic E-state index is 13.7. The molecule has 0 saturated carbocycles. The van der Waals surface area contributed by atoms with Gasteiger partial charge in [-0.2, -0.15) is 23.4 Å². The van der Waals surface area contributed by atoms with Crippen LogP contribution in [0.4, 0.5) is 17.6 Å². The number of halogens is 4. The normalized spacial score (nSPS) is 12.8. The van der Waals surface area contributed by atoms with Crippen LogP contribution < -0.4 is 5.32 Å². The molecule has 0 spiro atoms. The Morgan fingerprint density at radius 2 is 1.85 bits per heavy atom. The smallest absolute Gasteiger partial charge is 0.344 e. The summed E-state index contributed by atoms with van der Waals surface area (Å²) < 4.78 is 56.8. The number of hydrogen-bond acceptors (Lipinski definition) is 4. The van der Waals surface area contributed by atoms with Crippen LogP contribution in [0, 0.1) is 12.7 Å². The Balaban J connectivity index is 1.71. The fourth-order valence-corrected chi connectivity index (χ4v) is 3.52. The van der Waals surface area contributed by atoms with Gasteiger partial charge in [-0.25, -0.2) is 13.9 Å². The van der Waals surface area contributed by atoms with Gasteiger partial charge >= 0.3 is 6.18 Å². The first-order valence-electron chi connectivity index (χ1n) is 10.2. The van der Waals surface area contributed by atoms with Crippen molar-refractivity contribution in [3.8, 4) is 11.3 Å². The molecular weight excluding hydrogens is 440 g/mol. The van der Waals surface area contributed by atoms with Crippen LogP contribution in [0.25, 0.3) is 16.9 Å². The lowest BCUT2D eigenvalue weighted by molar-refractivity contribution is -0.142. The number of alkyl halides is 3. The van der Waals surface area contributed by atoms with Crippen molar-refractivity contribution >= 4 is 11.6 Å². The zero-order chi connectivity index (χ0) is 23.9. The average Bonchev–Trinajstić information content (AvgIpc) is 3.36. The maximum Gasteiger partial charge on any atom is 0.433 e. The molecule has 1 atom stereocenters. The van der Waals surface area contributed by atoms with Crippen LogP contribution in [0.5, 0.6) is 0 Å². The summed E-state index contributed by atoms with van der Waals surface area (Å²) in [6.07, 6.45) is -2.95. The Morgan fingerprint density at radius 1 is 1.15 bits per heavy atom. The molecule has 1 aromatic carbocycles. The van der Waals surface area contributed by atoms with Gasteiger partial charge in [0.2, 0.25) is 0 Å². The van der Waals surface area contributed by atoms with E-state index < -0.39 is 29.6 Å². The van der Waals surface area contributed by atoms with Gasteiger partial charge in [-0.15, -0.1) is 0 Å². The summed E-state index contributed by atoms with van der Waals surface area (Å²) in [5, 5.41) is 10.9. The molecule has 33 heavy (non-hydrogen) atoms. The first-order chi connectivity index (χ1) is 15.6. The highest BCUT2D eigenvalue weighted by molar-refractivity contribution is 5.93. The summed E-state index contributed by atoms with van der Waals surface area (Å²) in [6, 6.07) is 6.50. The zero-order valence-electron chi connectivity index (χ0n) is 18.0. The molecule has 3 heterocycles. The van der Waals surface area contributed by atoms with Crippen molar-refractivity contribution in [3.63, 3.8) is 0 Å². The number of benzene rings is 1. The third kappa shape index (κ3) is 4.43. The lowest BCUT2D eigenvalue weighted by Crippen LogP contribution is -2.27. The van der Waals surface area contributed by atoms with E-state index in [0.717, 1.165) is 29.5 Å². The van der Waals surface area contributed by atoms with E-state index in [1.54, 1.807) is 11.6 Å². The number of carbonyl (C=O) groups excluding carboxylic acids is 1. The second-order valence-corrected chi connectivity index (χ2v) is 7.55. The molecule has 0 fully saturated rings. The van der Waals surface area contributed by atoms with Gasteiger partial charge in [-0.05, 0) is 51.1 Å². The van der Waals surface area contributed by atoms with Gasteiger partial charge in [-0.3, -0.25) is 9.48 Å². The Bertz CT molecular complexity index is 1320. The Hall–Kier alpha value is -3.76. The van der Waals surface area contributed by atoms with E-state index in [1.807, 2.05) is 20.0 Å². The van der Waals surface area contributed by atoms with Crippen molar-refractivity contribution in [2.45, 2.75) is 39.5 Å². The monoisotopic (exact) mass is 460 g/mol. The minimum atomic E-state index is -4.76. The van der Waals surface area contributed by atoms with E-state index in [4.69, 9.17) is 0 Å². The van der Waals surface area contributed by atoms with Gasteiger partial charge in [0.1, 0.15) is 5.82 Å². The van der Waals surface area contributed by atoms with Gasteiger partial charge < -0.3 is 5.32 Å². The van der Waals surface area contributed by atoms with E-state index in [-0.39, 0.29) is 17.0 Å². The third-order valence-corrected chi connectivity index (χ3v) is 5.21. The predicted molar refractivity (Wildman–Crippen MR) is 112 cm³/mol. The number of nitrogens with zero attached hydrogens (tertiary/aromatic N) is 5. The summed E-state index contributed by atoms with van der Waals surface area (Å²) in [5.41, 5.74) is 0.352. The molecule has 172 valence electrons. The minimum Gasteiger partial charge on any atom is -0.344 e. The molecule has 4 rings (SSSR count). The van der Waals surface area contributed by atoms with E-state index in [9.17, 15) is 22.4 Å². The van der Waals surface area contributed by atoms with Crippen molar-refractivity contribution in [2.75, 3.05) is 0 Å². The number of hydrogen-bond donors (Lipinski definition) is 1. The molecule has 1 amide bonds. The SMILES string of the molecule is CCn1cc(C(C)NC(=O)c2cc3nc(-c4ccc(F)cc4)cc(C(F)(F)F)n3n2)c(C)n1. The van der Waals surface area contributed by atoms with Crippen LogP contribution in [-0.2, 0) is 12.7 Å². The molecule has 0 aliphatic carbocycles. The van der Waals surface area contributed by atoms with Crippen LogP contribution in [0.3, 0.4) is 0 Å². The molecule has 11 heteroatoms. The van der Waals surface area contributed by atoms with E-state index in [2.05, 4.69) is 20.5 Å². The second-order valence-electron chi connectivity index (χ2n) is 7.55. The molecule has 1 unspecified atom stereocenters. The summed E-state index contributed by atoms with van der Waals surface area (Å²) in [7, 11) is 0. The van der Waals surface area contributed by atoms with Crippen molar-refractivity contribution in [2.24, 2.45) is 0 Å². The largest absolute Gasteiger partial charge is 0.433 e. The van der Waals surface area contributed by atoms with E-state index in [1.165, 1.54) is 18.2 Å². The topological polar surface area (TPSA) is 77.1 Å². The summed E-state index contributed by atoms with van der Waals surface area (Å²) in [4.78, 5) is 17.0. The first-order valence-corrected chi connectivity index (χ1v) is 10.2. The summed E-state index contributed by atoms with van der Waals surface area (Å²) in [5.74, 6) is -1.17. The van der Waals surface area contributed by atoms with Crippen LogP contribution in [0.1, 0.15) is 47.3 Å². The molecule has 0 bridgehead atoms. The molecular formula is C22H20F4N6O. The van der Waals surface area contributed by atoms with Crippen LogP contribution in [-0.4, -0.2) is 30.3 Å². The Kier molecular flexibility index (Phi) is 5.64. The summed E-state index contributed by atoms with van der Waals surface area (Å²) in [6.45, 7) is 6.16. The molecule has 0 aliphatic heterocycles. The highest BCUT2D eigenvalue weighted by Crippen LogP contribution is 2.32. The number of aromatic nitrogens is 5. The molecule has 0 radical (unpaired) electrons. The second kappa shape index (κ2) is 8.30. The Morgan fingerprint density at radius 3 is 2.45 bits per heavy atom. The molecule has 0 saturated heterocycles. The van der Waals surface area contributed by atoms with Crippen molar-refractivity contribution in [1.29, 1.82) is 0 Å². The highest BCUT2D eigenvalue weighted by Gasteiger charge is 2.35. The van der Waals surface area contributed by atoms with Crippen LogP contribution >= 0.6 is 0 Å². The fourth-order valence-electron chi connectivity index (χ4n) is 3.52. The molecule has 1 N–H and O–H groups in total. The number of amides is 1. The van der Waals surface area contributed by atoms with Gasteiger partial charge in [0.15, 0.2) is 17.0 Å². The minimum absolute atomic E-state index is 0.0161. The van der Waals surface area contributed by atoms with Crippen molar-refractivity contribution < 1.29 is 22.4 Å². The third-order valence-electron chi connectivity index (χ3n) is 5.21. The van der Waals surface area contributed by atoms with Gasteiger partial charge in [0.25, 0.3) is 5.91 Å². The van der Waals surface area contributed by atoms with E-state index >= 15 is 0 Å². The summed E-state index contributed by atoms with van der Waals surface area (Å²) >= 11 is 0. The highest BCUT2D eigenvalue weighted by atomic mass is 19.4. The predicted octanol–water partition coefficient (Wildman–Crippen LogP) is 4.57. The molecule has 7 nitrogen and oxygen atoms in total. The Labute approximate surface area is 186 Å². The van der Waals surface area contributed by atoms with Crippen molar-refractivity contribution in [3.05, 3.63) is 71.1 Å². The van der Waals surface area contributed by atoms with E-state index in [0.29, 0.717) is 16.6 Å². The van der Waals surface area contributed by atoms with Crippen LogP contribution in [0.2, 0.25) is 0 Å². The van der Waals surface area contributed by atoms with Gasteiger partial charge in [-0.1, -0.05) is 0 Å². The quantitative estimate of drug-likeness (QED) is 0.443. The van der Waals surface area contributed by atoms with Gasteiger partial charge in [0, 0.05) is 29.9 Å². The maximum atomic E-state index is 13.7. The number of rotatable bonds is 5. The van der Waals surface area contributed by atoms with Crippen LogP contribution in [0.15, 0.2) is 42.6 Å². The molecule has 3 aromatic heterocycles. The first kappa shape index (κ1) is 22.4. The molecule has 0 aliphatic rings. The number of carbonyl (C=O) groups is 1. The fraction of sp³-hybridized carbons (Fsp3) is 0.273. The lowest BCUT2D eigenvalue weighted by Gasteiger charge is -2.12. The van der Waals surface area contributed by atoms with Crippen molar-refractivity contribution in [1.82, 2.24) is 29.7 Å².